The highest BCUT2D eigenvalue weighted by atomic mass is 31.3. The minimum atomic E-state index is -4.65. The molecule has 0 spiro atoms. The number of hydrogen-bond acceptors (Lipinski definition) is 9. The highest BCUT2D eigenvalue weighted by molar-refractivity contribution is 7.67. The van der Waals surface area contributed by atoms with Crippen LogP contribution in [0, 0.1) is 0 Å². The summed E-state index contributed by atoms with van der Waals surface area (Å²) in [5, 5.41) is 0. The summed E-state index contributed by atoms with van der Waals surface area (Å²) in [6.07, 6.45) is 0. The van der Waals surface area contributed by atoms with Gasteiger partial charge in [0.1, 0.15) is 0 Å². The topological polar surface area (TPSA) is 127 Å². The highest BCUT2D eigenvalue weighted by Crippen LogP contribution is 2.70. The molecule has 0 aliphatic rings. The zero-order chi connectivity index (χ0) is 13.7. The van der Waals surface area contributed by atoms with Gasteiger partial charge < -0.3 is 9.11 Å². The molecule has 0 rings (SSSR count). The van der Waals surface area contributed by atoms with E-state index in [1.165, 1.54) is 0 Å². The van der Waals surface area contributed by atoms with E-state index in [1.54, 1.807) is 0 Å². The molecule has 104 valence electrons. The Bertz CT molecular complexity index is 373. The number of hydrogen-bond donors (Lipinski definition) is 1. The van der Waals surface area contributed by atoms with Crippen molar-refractivity contribution in [2.45, 2.75) is 0 Å². The standard InChI is InChI=1S/C3H13O10P3Si/c1-8-14(4,5)11-15(6,9-2)12-16(7,10-3)13-17/h1-3,17H3,(H,4,5). The van der Waals surface area contributed by atoms with Crippen LogP contribution in [0.4, 0.5) is 0 Å². The predicted molar refractivity (Wildman–Crippen MR) is 59.3 cm³/mol. The van der Waals surface area contributed by atoms with Crippen LogP contribution in [0.1, 0.15) is 0 Å². The average molecular weight is 330 g/mol. The molecule has 14 heteroatoms. The Hall–Kier alpha value is 0.627. The molecular weight excluding hydrogens is 317 g/mol. The Morgan fingerprint density at radius 3 is 1.65 bits per heavy atom. The molecule has 0 saturated heterocycles. The first-order valence-corrected chi connectivity index (χ1v) is 9.07. The lowest BCUT2D eigenvalue weighted by molar-refractivity contribution is 0.171. The van der Waals surface area contributed by atoms with Gasteiger partial charge in [0.2, 0.25) is 0 Å². The van der Waals surface area contributed by atoms with Crippen molar-refractivity contribution in [1.82, 2.24) is 0 Å². The van der Waals surface area contributed by atoms with Crippen LogP contribution < -0.4 is 0 Å². The second-order valence-electron chi connectivity index (χ2n) is 2.26. The van der Waals surface area contributed by atoms with E-state index in [1.807, 2.05) is 0 Å². The second-order valence-corrected chi connectivity index (χ2v) is 8.84. The Morgan fingerprint density at radius 2 is 1.35 bits per heavy atom. The van der Waals surface area contributed by atoms with Gasteiger partial charge in [-0.2, -0.15) is 8.62 Å². The quantitative estimate of drug-likeness (QED) is 0.498. The molecular formula is C3H13O10P3Si. The molecule has 0 heterocycles. The van der Waals surface area contributed by atoms with E-state index in [0.29, 0.717) is 0 Å². The van der Waals surface area contributed by atoms with Crippen LogP contribution in [-0.2, 0) is 40.1 Å². The molecule has 0 aromatic rings. The first-order valence-electron chi connectivity index (χ1n) is 3.84. The van der Waals surface area contributed by atoms with Gasteiger partial charge >= 0.3 is 23.5 Å². The van der Waals surface area contributed by atoms with Crippen LogP contribution in [0.5, 0.6) is 0 Å². The van der Waals surface area contributed by atoms with E-state index in [9.17, 15) is 13.7 Å². The molecule has 0 radical (unpaired) electrons. The summed E-state index contributed by atoms with van der Waals surface area (Å²) >= 11 is 0. The Morgan fingerprint density at radius 1 is 0.882 bits per heavy atom. The lowest BCUT2D eigenvalue weighted by atomic mass is 11.8. The molecule has 0 aliphatic carbocycles. The summed E-state index contributed by atoms with van der Waals surface area (Å²) in [4.78, 5) is 8.95. The molecule has 0 aromatic heterocycles. The highest BCUT2D eigenvalue weighted by Gasteiger charge is 2.43. The summed E-state index contributed by atoms with van der Waals surface area (Å²) in [6, 6.07) is 0. The van der Waals surface area contributed by atoms with Gasteiger partial charge in [-0.05, 0) is 0 Å². The second kappa shape index (κ2) is 6.69. The average Bonchev–Trinajstić information content (AvgIpc) is 2.28. The van der Waals surface area contributed by atoms with Crippen molar-refractivity contribution < 1.29 is 45.0 Å². The van der Waals surface area contributed by atoms with Crippen molar-refractivity contribution in [2.24, 2.45) is 0 Å². The molecule has 0 fully saturated rings. The molecule has 17 heavy (non-hydrogen) atoms. The van der Waals surface area contributed by atoms with Crippen LogP contribution in [-0.4, -0.2) is 36.7 Å². The Balaban J connectivity index is 5.00. The van der Waals surface area contributed by atoms with Gasteiger partial charge in [0, 0.05) is 21.3 Å². The van der Waals surface area contributed by atoms with E-state index in [4.69, 9.17) is 4.89 Å². The monoisotopic (exact) mass is 330 g/mol. The van der Waals surface area contributed by atoms with Gasteiger partial charge in [0.15, 0.2) is 10.5 Å². The van der Waals surface area contributed by atoms with Gasteiger partial charge in [0.25, 0.3) is 0 Å². The fourth-order valence-electron chi connectivity index (χ4n) is 0.505. The normalized spacial score (nSPS) is 22.6. The van der Waals surface area contributed by atoms with E-state index in [2.05, 4.69) is 26.4 Å². The molecule has 10 nitrogen and oxygen atoms in total. The van der Waals surface area contributed by atoms with Crippen molar-refractivity contribution in [2.75, 3.05) is 21.3 Å². The summed E-state index contributed by atoms with van der Waals surface area (Å²) < 4.78 is 59.8. The molecule has 1 N–H and O–H groups in total. The first-order chi connectivity index (χ1) is 7.66. The molecule has 0 aromatic carbocycles. The lowest BCUT2D eigenvalue weighted by Crippen LogP contribution is -1.99. The van der Waals surface area contributed by atoms with Crippen molar-refractivity contribution in [3.05, 3.63) is 0 Å². The smallest absolute Gasteiger partial charge is 0.341 e. The summed E-state index contributed by atoms with van der Waals surface area (Å²) in [6.45, 7) is 0. The van der Waals surface area contributed by atoms with Crippen LogP contribution in [0.25, 0.3) is 0 Å². The summed E-state index contributed by atoms with van der Waals surface area (Å²) in [5.41, 5.74) is 0. The molecule has 0 amide bonds. The van der Waals surface area contributed by atoms with E-state index >= 15 is 0 Å². The third-order valence-electron chi connectivity index (χ3n) is 1.30. The molecule has 0 saturated carbocycles. The Labute approximate surface area is 101 Å². The van der Waals surface area contributed by atoms with Gasteiger partial charge in [-0.25, -0.2) is 13.7 Å². The fourth-order valence-corrected chi connectivity index (χ4v) is 5.41. The molecule has 0 aliphatic heterocycles. The molecule has 3 atom stereocenters. The third-order valence-corrected chi connectivity index (χ3v) is 7.67. The zero-order valence-electron chi connectivity index (χ0n) is 9.46. The largest absolute Gasteiger partial charge is 0.492 e. The van der Waals surface area contributed by atoms with Crippen molar-refractivity contribution in [3.8, 4) is 0 Å². The zero-order valence-corrected chi connectivity index (χ0v) is 14.1. The van der Waals surface area contributed by atoms with Crippen LogP contribution >= 0.6 is 23.5 Å². The molecule has 0 bridgehead atoms. The minimum Gasteiger partial charge on any atom is -0.341 e. The van der Waals surface area contributed by atoms with Gasteiger partial charge in [-0.1, -0.05) is 0 Å². The predicted octanol–water partition coefficient (Wildman–Crippen LogP) is 0.572. The maximum Gasteiger partial charge on any atom is 0.492 e. The van der Waals surface area contributed by atoms with Gasteiger partial charge in [-0.15, -0.1) is 0 Å². The van der Waals surface area contributed by atoms with Crippen molar-refractivity contribution >= 4 is 34.0 Å². The number of phosphoric acid groups is 3. The number of rotatable bonds is 8. The maximum atomic E-state index is 11.7. The third kappa shape index (κ3) is 5.87. The van der Waals surface area contributed by atoms with Gasteiger partial charge in [-0.3, -0.25) is 13.6 Å². The SMILES string of the molecule is COP(=O)(O)OP(=O)(OC)OP(=O)(OC)O[SiH3]. The fraction of sp³-hybridized carbons (Fsp3) is 1.00. The Kier molecular flexibility index (Phi) is 6.94. The maximum absolute atomic E-state index is 11.7. The first kappa shape index (κ1) is 17.6. The van der Waals surface area contributed by atoms with Crippen molar-refractivity contribution in [3.63, 3.8) is 0 Å². The minimum absolute atomic E-state index is 0.0631. The van der Waals surface area contributed by atoms with Gasteiger partial charge in [0.05, 0.1) is 0 Å². The summed E-state index contributed by atoms with van der Waals surface area (Å²) in [7, 11) is -10.8. The summed E-state index contributed by atoms with van der Waals surface area (Å²) in [5.74, 6) is 0. The van der Waals surface area contributed by atoms with Crippen molar-refractivity contribution in [1.29, 1.82) is 0 Å². The molecule has 3 unspecified atom stereocenters. The van der Waals surface area contributed by atoms with Crippen LogP contribution in [0.3, 0.4) is 0 Å². The number of phosphoric ester groups is 1. The lowest BCUT2D eigenvalue weighted by Gasteiger charge is -2.20. The van der Waals surface area contributed by atoms with Crippen LogP contribution in [0.2, 0.25) is 0 Å². The van der Waals surface area contributed by atoms with Crippen LogP contribution in [0.15, 0.2) is 0 Å². The van der Waals surface area contributed by atoms with E-state index in [-0.39, 0.29) is 10.5 Å². The van der Waals surface area contributed by atoms with E-state index < -0.39 is 23.5 Å². The van der Waals surface area contributed by atoms with E-state index in [0.717, 1.165) is 21.3 Å².